The molecule has 0 saturated heterocycles. The zero-order valence-corrected chi connectivity index (χ0v) is 16.3. The highest BCUT2D eigenvalue weighted by molar-refractivity contribution is 5.95. The van der Waals surface area contributed by atoms with Gasteiger partial charge in [0.25, 0.3) is 0 Å². The van der Waals surface area contributed by atoms with Crippen LogP contribution in [0.3, 0.4) is 0 Å². The number of amides is 1. The van der Waals surface area contributed by atoms with Crippen molar-refractivity contribution in [1.29, 1.82) is 0 Å². The lowest BCUT2D eigenvalue weighted by atomic mass is 9.85. The van der Waals surface area contributed by atoms with Crippen molar-refractivity contribution >= 4 is 11.7 Å². The molecule has 0 spiro atoms. The number of hydrogen-bond acceptors (Lipinski definition) is 4. The third kappa shape index (κ3) is 7.28. The number of nitrogens with one attached hydrogen (secondary N) is 1. The lowest BCUT2D eigenvalue weighted by molar-refractivity contribution is -0.121. The minimum Gasteiger partial charge on any atom is -0.369 e. The number of hydrogen-bond donors (Lipinski definition) is 2. The van der Waals surface area contributed by atoms with Crippen LogP contribution < -0.4 is 11.1 Å². The van der Waals surface area contributed by atoms with Gasteiger partial charge in [-0.2, -0.15) is 0 Å². The summed E-state index contributed by atoms with van der Waals surface area (Å²) in [6.07, 6.45) is 8.85. The maximum absolute atomic E-state index is 12.5. The van der Waals surface area contributed by atoms with Crippen LogP contribution in [0.2, 0.25) is 0 Å². The van der Waals surface area contributed by atoms with Gasteiger partial charge < -0.3 is 15.8 Å². The van der Waals surface area contributed by atoms with E-state index in [4.69, 9.17) is 10.5 Å². The van der Waals surface area contributed by atoms with Crippen LogP contribution in [0.25, 0.3) is 0 Å². The zero-order chi connectivity index (χ0) is 18.8. The normalized spacial score (nSPS) is 23.4. The van der Waals surface area contributed by atoms with E-state index in [-0.39, 0.29) is 36.0 Å². The fourth-order valence-corrected chi connectivity index (χ4v) is 3.33. The van der Waals surface area contributed by atoms with Crippen molar-refractivity contribution in [3.8, 4) is 0 Å². The Morgan fingerprint density at radius 2 is 1.92 bits per heavy atom. The fraction of sp³-hybridized carbons (Fsp3) is 0.800. The minimum absolute atomic E-state index is 0.101. The highest BCUT2D eigenvalue weighted by Gasteiger charge is 2.35. The van der Waals surface area contributed by atoms with Gasteiger partial charge in [-0.1, -0.05) is 40.0 Å². The molecular weight excluding hydrogens is 316 g/mol. The first kappa shape index (κ1) is 21.8. The van der Waals surface area contributed by atoms with Gasteiger partial charge in [0.1, 0.15) is 0 Å². The van der Waals surface area contributed by atoms with Crippen LogP contribution in [0.4, 0.5) is 0 Å². The third-order valence-corrected chi connectivity index (χ3v) is 4.88. The summed E-state index contributed by atoms with van der Waals surface area (Å²) in [5.41, 5.74) is 7.06. The Kier molecular flexibility index (Phi) is 9.98. The van der Waals surface area contributed by atoms with E-state index in [1.165, 1.54) is 6.92 Å². The van der Waals surface area contributed by atoms with Gasteiger partial charge in [-0.15, -0.1) is 0 Å². The van der Waals surface area contributed by atoms with Crippen molar-refractivity contribution in [3.05, 3.63) is 11.6 Å². The van der Waals surface area contributed by atoms with Crippen molar-refractivity contribution in [2.24, 2.45) is 5.73 Å². The Morgan fingerprint density at radius 3 is 2.48 bits per heavy atom. The largest absolute Gasteiger partial charge is 0.369 e. The second-order valence-electron chi connectivity index (χ2n) is 7.06. The molecule has 3 atom stereocenters. The number of Topliss-reactive ketones (excluding diaryl/α,β-unsaturated/α-hetero) is 1. The molecule has 1 rings (SSSR count). The molecule has 0 saturated carbocycles. The summed E-state index contributed by atoms with van der Waals surface area (Å²) in [6.45, 7) is 7.80. The molecule has 5 heteroatoms. The van der Waals surface area contributed by atoms with Gasteiger partial charge in [0.05, 0.1) is 18.2 Å². The van der Waals surface area contributed by atoms with Gasteiger partial charge in [-0.3, -0.25) is 9.59 Å². The van der Waals surface area contributed by atoms with E-state index < -0.39 is 0 Å². The van der Waals surface area contributed by atoms with Crippen LogP contribution in [0.15, 0.2) is 11.6 Å². The number of rotatable bonds is 11. The summed E-state index contributed by atoms with van der Waals surface area (Å²) < 4.78 is 6.17. The van der Waals surface area contributed by atoms with Gasteiger partial charge in [-0.05, 0) is 37.3 Å². The fourth-order valence-electron chi connectivity index (χ4n) is 3.33. The molecule has 144 valence electrons. The summed E-state index contributed by atoms with van der Waals surface area (Å²) in [6, 6.07) is -0.586. The Labute approximate surface area is 152 Å². The van der Waals surface area contributed by atoms with Crippen molar-refractivity contribution in [2.75, 3.05) is 0 Å². The van der Waals surface area contributed by atoms with Crippen molar-refractivity contribution in [1.82, 2.24) is 5.32 Å². The summed E-state index contributed by atoms with van der Waals surface area (Å²) in [4.78, 5) is 24.1. The molecule has 25 heavy (non-hydrogen) atoms. The standard InChI is InChI=1S/C20H36N2O3/c1-5-8-9-10-11-18(24)15-12-17(21)20(22-14(4)23)19(13-15)25-16(6-2)7-3/h13,16-17,19-20H,5-12,21H2,1-4H3,(H,22,23)/t17-,19+,20+/m0/s1. The molecule has 1 aliphatic rings. The smallest absolute Gasteiger partial charge is 0.217 e. The van der Waals surface area contributed by atoms with E-state index in [0.717, 1.165) is 44.1 Å². The third-order valence-electron chi connectivity index (χ3n) is 4.88. The van der Waals surface area contributed by atoms with Crippen LogP contribution >= 0.6 is 0 Å². The van der Waals surface area contributed by atoms with Crippen molar-refractivity contribution in [3.63, 3.8) is 0 Å². The summed E-state index contributed by atoms with van der Waals surface area (Å²) in [5, 5.41) is 2.91. The molecule has 0 aromatic heterocycles. The highest BCUT2D eigenvalue weighted by atomic mass is 16.5. The lowest BCUT2D eigenvalue weighted by Crippen LogP contribution is -2.57. The van der Waals surface area contributed by atoms with E-state index in [1.807, 2.05) is 6.08 Å². The Bertz CT molecular complexity index is 458. The summed E-state index contributed by atoms with van der Waals surface area (Å²) >= 11 is 0. The monoisotopic (exact) mass is 352 g/mol. The second kappa shape index (κ2) is 11.4. The molecule has 0 aromatic rings. The molecule has 1 aliphatic carbocycles. The van der Waals surface area contributed by atoms with Gasteiger partial charge >= 0.3 is 0 Å². The number of nitrogens with two attached hydrogens (primary N) is 1. The Hall–Kier alpha value is -1.20. The number of ketones is 1. The molecule has 0 radical (unpaired) electrons. The quantitative estimate of drug-likeness (QED) is 0.559. The lowest BCUT2D eigenvalue weighted by Gasteiger charge is -2.37. The number of ether oxygens (including phenoxy) is 1. The molecule has 5 nitrogen and oxygen atoms in total. The Balaban J connectivity index is 2.85. The molecule has 0 fully saturated rings. The number of carbonyl (C=O) groups is 2. The van der Waals surface area contributed by atoms with E-state index in [2.05, 4.69) is 26.1 Å². The van der Waals surface area contributed by atoms with E-state index in [9.17, 15) is 9.59 Å². The molecule has 0 unspecified atom stereocenters. The SMILES string of the molecule is CCCCCCC(=O)C1=C[C@@H](OC(CC)CC)[C@H](NC(C)=O)[C@@H](N)C1. The van der Waals surface area contributed by atoms with Crippen molar-refractivity contribution < 1.29 is 14.3 Å². The highest BCUT2D eigenvalue weighted by Crippen LogP contribution is 2.25. The van der Waals surface area contributed by atoms with Gasteiger partial charge in [-0.25, -0.2) is 0 Å². The van der Waals surface area contributed by atoms with Crippen LogP contribution in [0, 0.1) is 0 Å². The maximum atomic E-state index is 12.5. The predicted molar refractivity (Wildman–Crippen MR) is 101 cm³/mol. The first-order chi connectivity index (χ1) is 11.9. The average molecular weight is 353 g/mol. The van der Waals surface area contributed by atoms with Gasteiger partial charge in [0.2, 0.25) is 5.91 Å². The first-order valence-corrected chi connectivity index (χ1v) is 9.84. The molecule has 0 heterocycles. The molecule has 0 aliphatic heterocycles. The van der Waals surface area contributed by atoms with E-state index in [0.29, 0.717) is 12.8 Å². The van der Waals surface area contributed by atoms with Gasteiger partial charge in [0, 0.05) is 19.4 Å². The maximum Gasteiger partial charge on any atom is 0.217 e. The van der Waals surface area contributed by atoms with Crippen molar-refractivity contribution in [2.45, 2.75) is 103 Å². The van der Waals surface area contributed by atoms with Crippen LogP contribution in [0.5, 0.6) is 0 Å². The molecular formula is C20H36N2O3. The van der Waals surface area contributed by atoms with Crippen LogP contribution in [-0.2, 0) is 14.3 Å². The van der Waals surface area contributed by atoms with Crippen LogP contribution in [0.1, 0.15) is 79.1 Å². The average Bonchev–Trinajstić information content (AvgIpc) is 2.58. The summed E-state index contributed by atoms with van der Waals surface area (Å²) in [7, 11) is 0. The topological polar surface area (TPSA) is 81.4 Å². The number of unbranched alkanes of at least 4 members (excludes halogenated alkanes) is 3. The molecule has 0 bridgehead atoms. The van der Waals surface area contributed by atoms with Gasteiger partial charge in [0.15, 0.2) is 5.78 Å². The van der Waals surface area contributed by atoms with E-state index in [1.54, 1.807) is 0 Å². The predicted octanol–water partition coefficient (Wildman–Crippen LogP) is 3.26. The molecule has 1 amide bonds. The molecule has 0 aromatic carbocycles. The minimum atomic E-state index is -0.341. The molecule has 3 N–H and O–H groups in total. The zero-order valence-electron chi connectivity index (χ0n) is 16.3. The van der Waals surface area contributed by atoms with Crippen LogP contribution in [-0.4, -0.2) is 36.0 Å². The van der Waals surface area contributed by atoms with E-state index >= 15 is 0 Å². The Morgan fingerprint density at radius 1 is 1.24 bits per heavy atom. The number of carbonyl (C=O) groups excluding carboxylic acids is 2. The summed E-state index contributed by atoms with van der Waals surface area (Å²) in [5.74, 6) is 0.0484. The first-order valence-electron chi connectivity index (χ1n) is 9.84. The second-order valence-corrected chi connectivity index (χ2v) is 7.06.